The highest BCUT2D eigenvalue weighted by atomic mass is 32.2. The van der Waals surface area contributed by atoms with E-state index < -0.39 is 39.4 Å². The van der Waals surface area contributed by atoms with Crippen LogP contribution in [0.3, 0.4) is 0 Å². The fraction of sp³-hybridized carbons (Fsp3) is 0.212. The van der Waals surface area contributed by atoms with Gasteiger partial charge in [-0.1, -0.05) is 18.2 Å². The molecule has 3 heterocycles. The van der Waals surface area contributed by atoms with Crippen LogP contribution >= 0.6 is 0 Å². The van der Waals surface area contributed by atoms with Crippen LogP contribution in [0.15, 0.2) is 90.1 Å². The van der Waals surface area contributed by atoms with Crippen LogP contribution in [0.2, 0.25) is 0 Å². The SMILES string of the molecule is O=C(Cc1c[nH]c2ccc(F)cc12)NC(Cc1cc(F)cc(F)c1)c1ncccc1-c1ccc(S(=O)(=O)N2CCOCC2)cc1. The second-order valence-electron chi connectivity index (χ2n) is 10.8. The summed E-state index contributed by atoms with van der Waals surface area (Å²) in [6.07, 6.45) is 3.10. The van der Waals surface area contributed by atoms with Crippen LogP contribution < -0.4 is 5.32 Å². The van der Waals surface area contributed by atoms with Crippen LogP contribution in [-0.2, 0) is 32.4 Å². The number of fused-ring (bicyclic) bond motifs is 1. The fourth-order valence-electron chi connectivity index (χ4n) is 5.58. The van der Waals surface area contributed by atoms with Crippen LogP contribution in [-0.4, -0.2) is 54.9 Å². The largest absolute Gasteiger partial charge is 0.379 e. The minimum absolute atomic E-state index is 0.0104. The normalized spacial score (nSPS) is 14.8. The molecule has 0 spiro atoms. The molecule has 1 aliphatic rings. The van der Waals surface area contributed by atoms with Gasteiger partial charge >= 0.3 is 0 Å². The highest BCUT2D eigenvalue weighted by Gasteiger charge is 2.27. The van der Waals surface area contributed by atoms with Gasteiger partial charge in [-0.3, -0.25) is 9.78 Å². The van der Waals surface area contributed by atoms with Crippen molar-refractivity contribution in [1.29, 1.82) is 0 Å². The molecule has 1 aliphatic heterocycles. The quantitative estimate of drug-likeness (QED) is 0.229. The van der Waals surface area contributed by atoms with Gasteiger partial charge in [0.2, 0.25) is 15.9 Å². The minimum atomic E-state index is -3.71. The van der Waals surface area contributed by atoms with Gasteiger partial charge < -0.3 is 15.0 Å². The average Bonchev–Trinajstić information content (AvgIpc) is 3.42. The predicted molar refractivity (Wildman–Crippen MR) is 162 cm³/mol. The summed E-state index contributed by atoms with van der Waals surface area (Å²) in [5, 5.41) is 3.53. The molecule has 1 atom stereocenters. The van der Waals surface area contributed by atoms with Crippen molar-refractivity contribution in [3.8, 4) is 11.1 Å². The number of nitrogens with one attached hydrogen (secondary N) is 2. The molecule has 2 N–H and O–H groups in total. The molecule has 0 bridgehead atoms. The molecule has 0 aliphatic carbocycles. The van der Waals surface area contributed by atoms with E-state index in [0.29, 0.717) is 52.1 Å². The molecule has 1 fully saturated rings. The lowest BCUT2D eigenvalue weighted by atomic mass is 9.95. The highest BCUT2D eigenvalue weighted by molar-refractivity contribution is 7.89. The van der Waals surface area contributed by atoms with Crippen LogP contribution in [0, 0.1) is 17.5 Å². The lowest BCUT2D eigenvalue weighted by Gasteiger charge is -2.26. The van der Waals surface area contributed by atoms with Crippen molar-refractivity contribution >= 4 is 26.8 Å². The summed E-state index contributed by atoms with van der Waals surface area (Å²) < 4.78 is 75.2. The number of carbonyl (C=O) groups is 1. The first kappa shape index (κ1) is 30.5. The first-order valence-corrected chi connectivity index (χ1v) is 15.7. The summed E-state index contributed by atoms with van der Waals surface area (Å²) in [6, 6.07) is 16.4. The molecule has 6 rings (SSSR count). The zero-order valence-corrected chi connectivity index (χ0v) is 24.8. The molecule has 0 saturated carbocycles. The number of hydrogen-bond acceptors (Lipinski definition) is 5. The van der Waals surface area contributed by atoms with E-state index in [1.165, 1.54) is 40.7 Å². The average molecular weight is 635 g/mol. The van der Waals surface area contributed by atoms with Gasteiger partial charge in [-0.2, -0.15) is 4.31 Å². The van der Waals surface area contributed by atoms with Crippen molar-refractivity contribution in [2.45, 2.75) is 23.8 Å². The first-order valence-electron chi connectivity index (χ1n) is 14.3. The number of benzene rings is 3. The van der Waals surface area contributed by atoms with Gasteiger partial charge in [-0.05, 0) is 71.6 Å². The maximum atomic E-state index is 14.2. The molecule has 12 heteroatoms. The highest BCUT2D eigenvalue weighted by Crippen LogP contribution is 2.31. The number of hydrogen-bond donors (Lipinski definition) is 2. The first-order chi connectivity index (χ1) is 21.7. The second kappa shape index (κ2) is 12.8. The Labute approximate surface area is 257 Å². The van der Waals surface area contributed by atoms with E-state index in [4.69, 9.17) is 4.74 Å². The van der Waals surface area contributed by atoms with Crippen LogP contribution in [0.25, 0.3) is 22.0 Å². The number of ether oxygens (including phenoxy) is 1. The number of sulfonamides is 1. The summed E-state index contributed by atoms with van der Waals surface area (Å²) >= 11 is 0. The van der Waals surface area contributed by atoms with Gasteiger partial charge in [-0.15, -0.1) is 0 Å². The Hall–Kier alpha value is -4.52. The van der Waals surface area contributed by atoms with Gasteiger partial charge in [0.1, 0.15) is 17.5 Å². The Bertz CT molecular complexity index is 1940. The van der Waals surface area contributed by atoms with Crippen LogP contribution in [0.1, 0.15) is 22.9 Å². The number of H-pyrrole nitrogens is 1. The van der Waals surface area contributed by atoms with E-state index in [9.17, 15) is 26.4 Å². The van der Waals surface area contributed by atoms with E-state index >= 15 is 0 Å². The van der Waals surface area contributed by atoms with Gasteiger partial charge in [-0.25, -0.2) is 21.6 Å². The Morgan fingerprint density at radius 1 is 0.956 bits per heavy atom. The Morgan fingerprint density at radius 3 is 2.42 bits per heavy atom. The Balaban J connectivity index is 1.32. The summed E-state index contributed by atoms with van der Waals surface area (Å²) in [5.74, 6) is -2.36. The molecular formula is C33H29F3N4O4S. The van der Waals surface area contributed by atoms with Crippen molar-refractivity contribution in [3.63, 3.8) is 0 Å². The molecule has 2 aromatic heterocycles. The summed E-state index contributed by atoms with van der Waals surface area (Å²) in [4.78, 5) is 21.1. The number of aromatic nitrogens is 2. The van der Waals surface area contributed by atoms with E-state index in [0.717, 1.165) is 6.07 Å². The monoisotopic (exact) mass is 634 g/mol. The smallest absolute Gasteiger partial charge is 0.243 e. The summed E-state index contributed by atoms with van der Waals surface area (Å²) in [7, 11) is -3.71. The molecule has 3 aromatic carbocycles. The fourth-order valence-corrected chi connectivity index (χ4v) is 6.99. The van der Waals surface area contributed by atoms with Crippen molar-refractivity contribution in [3.05, 3.63) is 119 Å². The molecule has 232 valence electrons. The van der Waals surface area contributed by atoms with Crippen LogP contribution in [0.5, 0.6) is 0 Å². The van der Waals surface area contributed by atoms with E-state index in [2.05, 4.69) is 15.3 Å². The van der Waals surface area contributed by atoms with Crippen molar-refractivity contribution in [1.82, 2.24) is 19.6 Å². The number of halogens is 3. The number of morpholine rings is 1. The molecule has 1 saturated heterocycles. The number of nitrogens with zero attached hydrogens (tertiary/aromatic N) is 2. The Kier molecular flexibility index (Phi) is 8.70. The zero-order valence-electron chi connectivity index (χ0n) is 24.0. The summed E-state index contributed by atoms with van der Waals surface area (Å²) in [5.41, 5.74) is 3.22. The third kappa shape index (κ3) is 6.77. The molecule has 5 aromatic rings. The lowest BCUT2D eigenvalue weighted by molar-refractivity contribution is -0.121. The molecule has 45 heavy (non-hydrogen) atoms. The molecule has 1 unspecified atom stereocenters. The topological polar surface area (TPSA) is 104 Å². The van der Waals surface area contributed by atoms with Gasteiger partial charge in [0.15, 0.2) is 0 Å². The third-order valence-electron chi connectivity index (χ3n) is 7.72. The molecule has 0 radical (unpaired) electrons. The third-order valence-corrected chi connectivity index (χ3v) is 9.63. The van der Waals surface area contributed by atoms with Crippen molar-refractivity contribution < 1.29 is 31.1 Å². The van der Waals surface area contributed by atoms with E-state index in [1.54, 1.807) is 42.7 Å². The zero-order chi connectivity index (χ0) is 31.6. The number of carbonyl (C=O) groups excluding carboxylic acids is 1. The van der Waals surface area contributed by atoms with Gasteiger partial charge in [0.25, 0.3) is 0 Å². The van der Waals surface area contributed by atoms with Gasteiger partial charge in [0.05, 0.1) is 36.3 Å². The number of rotatable bonds is 9. The van der Waals surface area contributed by atoms with E-state index in [-0.39, 0.29) is 30.8 Å². The summed E-state index contributed by atoms with van der Waals surface area (Å²) in [6.45, 7) is 1.20. The second-order valence-corrected chi connectivity index (χ2v) is 12.7. The Morgan fingerprint density at radius 2 is 1.69 bits per heavy atom. The minimum Gasteiger partial charge on any atom is -0.379 e. The number of amides is 1. The molecular weight excluding hydrogens is 605 g/mol. The van der Waals surface area contributed by atoms with Gasteiger partial charge in [0, 0.05) is 48.0 Å². The number of aromatic amines is 1. The van der Waals surface area contributed by atoms with Crippen molar-refractivity contribution in [2.24, 2.45) is 0 Å². The van der Waals surface area contributed by atoms with E-state index in [1.807, 2.05) is 0 Å². The van der Waals surface area contributed by atoms with Crippen LogP contribution in [0.4, 0.5) is 13.2 Å². The number of pyridine rings is 1. The molecule has 1 amide bonds. The maximum Gasteiger partial charge on any atom is 0.243 e. The van der Waals surface area contributed by atoms with Crippen molar-refractivity contribution in [2.75, 3.05) is 26.3 Å². The lowest BCUT2D eigenvalue weighted by Crippen LogP contribution is -2.40. The standard InChI is InChI=1S/C33H29F3N4O4S/c34-24-5-8-30-29(19-24)23(20-38-30)17-32(41)39-31(16-21-14-25(35)18-26(36)15-21)33-28(2-1-9-37-33)22-3-6-27(7-4-22)45(42,43)40-10-12-44-13-11-40/h1-9,14-15,18-20,31,38H,10-13,16-17H2,(H,39,41). The molecule has 8 nitrogen and oxygen atoms in total. The predicted octanol–water partition coefficient (Wildman–Crippen LogP) is 5.31. The maximum absolute atomic E-state index is 14.2.